The van der Waals surface area contributed by atoms with Crippen LogP contribution >= 0.6 is 0 Å². The van der Waals surface area contributed by atoms with Gasteiger partial charge in [-0.1, -0.05) is 0 Å². The van der Waals surface area contributed by atoms with E-state index < -0.39 is 0 Å². The van der Waals surface area contributed by atoms with E-state index in [1.807, 2.05) is 18.2 Å². The first kappa shape index (κ1) is 19.2. The van der Waals surface area contributed by atoms with Gasteiger partial charge in [0, 0.05) is 31.2 Å². The molecule has 8 heteroatoms. The number of ether oxygens (including phenoxy) is 3. The van der Waals surface area contributed by atoms with Crippen molar-refractivity contribution in [1.29, 1.82) is 0 Å². The van der Waals surface area contributed by atoms with Crippen LogP contribution in [-0.4, -0.2) is 55.7 Å². The maximum atomic E-state index is 11.6. The van der Waals surface area contributed by atoms with E-state index >= 15 is 0 Å². The van der Waals surface area contributed by atoms with Gasteiger partial charge in [-0.15, -0.1) is 0 Å². The number of hydrogen-bond donors (Lipinski definition) is 1. The van der Waals surface area contributed by atoms with Crippen molar-refractivity contribution in [3.8, 4) is 17.2 Å². The number of anilines is 2. The van der Waals surface area contributed by atoms with Gasteiger partial charge in [-0.25, -0.2) is 9.97 Å². The molecule has 3 rings (SSSR count). The molecule has 8 nitrogen and oxygen atoms in total. The molecule has 0 radical (unpaired) electrons. The van der Waals surface area contributed by atoms with Crippen LogP contribution in [0.5, 0.6) is 17.2 Å². The van der Waals surface area contributed by atoms with Crippen molar-refractivity contribution in [2.75, 3.05) is 40.2 Å². The monoisotopic (exact) mass is 382 g/mol. The summed E-state index contributed by atoms with van der Waals surface area (Å²) in [6.45, 7) is -0.00203. The normalized spacial score (nSPS) is 10.4. The van der Waals surface area contributed by atoms with E-state index in [9.17, 15) is 4.79 Å². The van der Waals surface area contributed by atoms with Gasteiger partial charge in [0.05, 0.1) is 19.7 Å². The molecule has 0 fully saturated rings. The second-order valence-corrected chi connectivity index (χ2v) is 6.17. The molecular weight excluding hydrogens is 360 g/mol. The van der Waals surface area contributed by atoms with E-state index in [0.717, 1.165) is 16.6 Å². The van der Waals surface area contributed by atoms with Gasteiger partial charge < -0.3 is 24.4 Å². The molecule has 1 N–H and O–H groups in total. The smallest absolute Gasteiger partial charge is 0.259 e. The molecule has 0 aliphatic carbocycles. The topological polar surface area (TPSA) is 85.8 Å². The van der Waals surface area contributed by atoms with Gasteiger partial charge >= 0.3 is 0 Å². The highest BCUT2D eigenvalue weighted by Crippen LogP contribution is 2.34. The fourth-order valence-electron chi connectivity index (χ4n) is 2.53. The van der Waals surface area contributed by atoms with Crippen LogP contribution in [0, 0.1) is 0 Å². The fraction of sp³-hybridized carbons (Fsp3) is 0.250. The lowest BCUT2D eigenvalue weighted by Gasteiger charge is -2.13. The number of fused-ring (bicyclic) bond motifs is 1. The summed E-state index contributed by atoms with van der Waals surface area (Å²) < 4.78 is 16.2. The van der Waals surface area contributed by atoms with Crippen molar-refractivity contribution < 1.29 is 19.0 Å². The number of carbonyl (C=O) groups excluding carboxylic acids is 1. The molecule has 1 amide bonds. The van der Waals surface area contributed by atoms with Crippen molar-refractivity contribution >= 4 is 28.3 Å². The van der Waals surface area contributed by atoms with Crippen molar-refractivity contribution in [3.05, 3.63) is 42.7 Å². The van der Waals surface area contributed by atoms with Crippen molar-refractivity contribution in [2.24, 2.45) is 0 Å². The molecule has 0 aliphatic heterocycles. The Hall–Kier alpha value is -3.55. The Kier molecular flexibility index (Phi) is 5.78. The molecular formula is C20H22N4O4. The Morgan fingerprint density at radius 2 is 1.71 bits per heavy atom. The predicted molar refractivity (Wildman–Crippen MR) is 107 cm³/mol. The first-order chi connectivity index (χ1) is 13.5. The molecule has 146 valence electrons. The Morgan fingerprint density at radius 1 is 1.04 bits per heavy atom. The van der Waals surface area contributed by atoms with Crippen molar-refractivity contribution in [3.63, 3.8) is 0 Å². The number of nitrogens with zero attached hydrogens (tertiary/aromatic N) is 3. The molecule has 1 aromatic heterocycles. The summed E-state index contributed by atoms with van der Waals surface area (Å²) >= 11 is 0. The molecule has 0 bridgehead atoms. The number of aromatic nitrogens is 2. The minimum Gasteiger partial charge on any atom is -0.493 e. The quantitative estimate of drug-likeness (QED) is 0.672. The van der Waals surface area contributed by atoms with Crippen LogP contribution in [0.25, 0.3) is 10.9 Å². The predicted octanol–water partition coefficient (Wildman–Crippen LogP) is 2.86. The first-order valence-corrected chi connectivity index (χ1v) is 8.58. The third-order valence-corrected chi connectivity index (χ3v) is 4.12. The maximum absolute atomic E-state index is 11.6. The number of likely N-dealkylation sites (N-methyl/N-ethyl adjacent to an activating group) is 1. The van der Waals surface area contributed by atoms with Crippen LogP contribution < -0.4 is 19.5 Å². The van der Waals surface area contributed by atoms with Crippen LogP contribution in [-0.2, 0) is 4.79 Å². The zero-order valence-corrected chi connectivity index (χ0v) is 16.2. The molecule has 0 spiro atoms. The van der Waals surface area contributed by atoms with Crippen LogP contribution in [0.3, 0.4) is 0 Å². The van der Waals surface area contributed by atoms with Crippen LogP contribution in [0.1, 0.15) is 0 Å². The average Bonchev–Trinajstić information content (AvgIpc) is 2.72. The third-order valence-electron chi connectivity index (χ3n) is 4.12. The highest BCUT2D eigenvalue weighted by molar-refractivity contribution is 5.93. The molecule has 28 heavy (non-hydrogen) atoms. The van der Waals surface area contributed by atoms with E-state index in [0.29, 0.717) is 23.1 Å². The summed E-state index contributed by atoms with van der Waals surface area (Å²) in [7, 11) is 6.55. The van der Waals surface area contributed by atoms with E-state index in [2.05, 4.69) is 15.3 Å². The number of rotatable bonds is 7. The van der Waals surface area contributed by atoms with E-state index in [-0.39, 0.29) is 12.5 Å². The highest BCUT2D eigenvalue weighted by atomic mass is 16.5. The highest BCUT2D eigenvalue weighted by Gasteiger charge is 2.11. The standard InChI is InChI=1S/C20H22N4O4/c1-24(2)19(25)11-28-14-7-5-13(6-8-14)23-20-15-9-17(26-3)18(27-4)10-16(15)21-12-22-20/h5-10,12H,11H2,1-4H3,(H,21,22,23). The Balaban J connectivity index is 1.80. The van der Waals surface area contributed by atoms with Gasteiger partial charge in [-0.05, 0) is 30.3 Å². The Morgan fingerprint density at radius 3 is 2.36 bits per heavy atom. The van der Waals surface area contributed by atoms with Gasteiger partial charge in [0.25, 0.3) is 5.91 Å². The van der Waals surface area contributed by atoms with Gasteiger partial charge in [0.1, 0.15) is 17.9 Å². The lowest BCUT2D eigenvalue weighted by molar-refractivity contribution is -0.130. The molecule has 2 aromatic carbocycles. The van der Waals surface area contributed by atoms with Gasteiger partial charge in [-0.3, -0.25) is 4.79 Å². The van der Waals surface area contributed by atoms with Crippen molar-refractivity contribution in [1.82, 2.24) is 14.9 Å². The molecule has 3 aromatic rings. The molecule has 1 heterocycles. The number of carbonyl (C=O) groups is 1. The number of nitrogens with one attached hydrogen (secondary N) is 1. The molecule has 0 saturated carbocycles. The second-order valence-electron chi connectivity index (χ2n) is 6.17. The van der Waals surface area contributed by atoms with E-state index in [1.165, 1.54) is 11.2 Å². The summed E-state index contributed by atoms with van der Waals surface area (Å²) in [6, 6.07) is 10.9. The summed E-state index contributed by atoms with van der Waals surface area (Å²) in [5.74, 6) is 2.36. The number of amides is 1. The van der Waals surface area contributed by atoms with E-state index in [4.69, 9.17) is 14.2 Å². The Labute approximate surface area is 163 Å². The first-order valence-electron chi connectivity index (χ1n) is 8.58. The zero-order valence-electron chi connectivity index (χ0n) is 16.2. The summed E-state index contributed by atoms with van der Waals surface area (Å²) in [4.78, 5) is 21.7. The third kappa shape index (κ3) is 4.22. The number of methoxy groups -OCH3 is 2. The second kappa shape index (κ2) is 8.43. The average molecular weight is 382 g/mol. The van der Waals surface area contributed by atoms with Crippen LogP contribution in [0.15, 0.2) is 42.7 Å². The lowest BCUT2D eigenvalue weighted by atomic mass is 10.2. The summed E-state index contributed by atoms with van der Waals surface area (Å²) in [5.41, 5.74) is 1.55. The lowest BCUT2D eigenvalue weighted by Crippen LogP contribution is -2.27. The zero-order chi connectivity index (χ0) is 20.1. The minimum absolute atomic E-state index is 0.00203. The van der Waals surface area contributed by atoms with Crippen molar-refractivity contribution in [2.45, 2.75) is 0 Å². The van der Waals surface area contributed by atoms with Crippen LogP contribution in [0.2, 0.25) is 0 Å². The molecule has 0 saturated heterocycles. The fourth-order valence-corrected chi connectivity index (χ4v) is 2.53. The molecule has 0 aliphatic rings. The largest absolute Gasteiger partial charge is 0.493 e. The SMILES string of the molecule is COc1cc2ncnc(Nc3ccc(OCC(=O)N(C)C)cc3)c2cc1OC. The van der Waals surface area contributed by atoms with Gasteiger partial charge in [0.2, 0.25) is 0 Å². The van der Waals surface area contributed by atoms with Gasteiger partial charge in [0.15, 0.2) is 18.1 Å². The molecule has 0 atom stereocenters. The van der Waals surface area contributed by atoms with Gasteiger partial charge in [-0.2, -0.15) is 0 Å². The summed E-state index contributed by atoms with van der Waals surface area (Å²) in [5, 5.41) is 4.07. The van der Waals surface area contributed by atoms with Crippen LogP contribution in [0.4, 0.5) is 11.5 Å². The molecule has 0 unspecified atom stereocenters. The maximum Gasteiger partial charge on any atom is 0.259 e. The number of hydrogen-bond acceptors (Lipinski definition) is 7. The number of benzene rings is 2. The van der Waals surface area contributed by atoms with E-state index in [1.54, 1.807) is 46.5 Å². The Bertz CT molecular complexity index is 974. The minimum atomic E-state index is -0.0981. The summed E-state index contributed by atoms with van der Waals surface area (Å²) in [6.07, 6.45) is 1.49.